The van der Waals surface area contributed by atoms with E-state index in [-0.39, 0.29) is 12.5 Å². The smallest absolute Gasteiger partial charge is 0.307 e. The maximum Gasteiger partial charge on any atom is 0.307 e. The van der Waals surface area contributed by atoms with E-state index in [0.29, 0.717) is 11.7 Å². The maximum absolute atomic E-state index is 11.7. The number of rotatable bonds is 5. The van der Waals surface area contributed by atoms with Crippen molar-refractivity contribution < 1.29 is 19.1 Å². The van der Waals surface area contributed by atoms with Crippen LogP contribution >= 0.6 is 0 Å². The highest BCUT2D eigenvalue weighted by atomic mass is 16.4. The first kappa shape index (κ1) is 14.2. The molecule has 0 bridgehead atoms. The summed E-state index contributed by atoms with van der Waals surface area (Å²) in [5.74, 6) is -1.49. The molecule has 1 aromatic heterocycles. The molecule has 2 atom stereocenters. The summed E-state index contributed by atoms with van der Waals surface area (Å²) in [4.78, 5) is 26.6. The number of hydrogen-bond acceptors (Lipinski definition) is 4. The molecule has 0 aliphatic carbocycles. The van der Waals surface area contributed by atoms with Crippen molar-refractivity contribution in [3.63, 3.8) is 0 Å². The summed E-state index contributed by atoms with van der Waals surface area (Å²) < 4.78 is 5.31. The molecule has 0 saturated heterocycles. The first-order chi connectivity index (χ1) is 8.32. The van der Waals surface area contributed by atoms with E-state index in [1.165, 1.54) is 6.92 Å². The lowest BCUT2D eigenvalue weighted by Gasteiger charge is -2.14. The van der Waals surface area contributed by atoms with Crippen molar-refractivity contribution in [1.29, 1.82) is 0 Å². The summed E-state index contributed by atoms with van der Waals surface area (Å²) in [6.07, 6.45) is 0. The van der Waals surface area contributed by atoms with Crippen LogP contribution in [0.5, 0.6) is 0 Å². The molecule has 1 rings (SSSR count). The second kappa shape index (κ2) is 5.66. The van der Waals surface area contributed by atoms with E-state index in [1.807, 2.05) is 6.92 Å². The van der Waals surface area contributed by atoms with Crippen LogP contribution in [0.25, 0.3) is 0 Å². The third-order valence-corrected chi connectivity index (χ3v) is 3.04. The molecule has 1 aromatic rings. The number of carboxylic acids is 1. The Morgan fingerprint density at radius 1 is 1.33 bits per heavy atom. The molecule has 0 spiro atoms. The first-order valence-corrected chi connectivity index (χ1v) is 5.76. The molecule has 18 heavy (non-hydrogen) atoms. The highest BCUT2D eigenvalue weighted by Crippen LogP contribution is 2.12. The molecular weight excluding hydrogens is 236 g/mol. The monoisotopic (exact) mass is 254 g/mol. The Morgan fingerprint density at radius 3 is 2.39 bits per heavy atom. The lowest BCUT2D eigenvalue weighted by atomic mass is 9.95. The van der Waals surface area contributed by atoms with Gasteiger partial charge in [0.25, 0.3) is 0 Å². The second-order valence-corrected chi connectivity index (χ2v) is 4.38. The van der Waals surface area contributed by atoms with E-state index in [9.17, 15) is 9.59 Å². The fraction of sp³-hybridized carbons (Fsp3) is 0.583. The van der Waals surface area contributed by atoms with Gasteiger partial charge < -0.3 is 14.8 Å². The lowest BCUT2D eigenvalue weighted by molar-refractivity contribution is -0.146. The summed E-state index contributed by atoms with van der Waals surface area (Å²) >= 11 is 0. The SMILES string of the molecule is Cc1nc(CNC(=O)C(C)C(C)C(=O)O)oc1C. The summed E-state index contributed by atoms with van der Waals surface area (Å²) in [7, 11) is 0. The molecule has 0 saturated carbocycles. The number of carbonyl (C=O) groups excluding carboxylic acids is 1. The number of carbonyl (C=O) groups is 2. The zero-order valence-electron chi connectivity index (χ0n) is 11.0. The summed E-state index contributed by atoms with van der Waals surface area (Å²) in [6.45, 7) is 6.87. The Morgan fingerprint density at radius 2 is 1.94 bits per heavy atom. The van der Waals surface area contributed by atoms with Gasteiger partial charge in [-0.05, 0) is 13.8 Å². The predicted molar refractivity (Wildman–Crippen MR) is 63.8 cm³/mol. The molecule has 0 radical (unpaired) electrons. The van der Waals surface area contributed by atoms with Crippen LogP contribution in [0.4, 0.5) is 0 Å². The Balaban J connectivity index is 2.53. The number of amides is 1. The highest BCUT2D eigenvalue weighted by molar-refractivity contribution is 5.84. The highest BCUT2D eigenvalue weighted by Gasteiger charge is 2.25. The summed E-state index contributed by atoms with van der Waals surface area (Å²) in [5, 5.41) is 11.4. The van der Waals surface area contributed by atoms with Gasteiger partial charge >= 0.3 is 5.97 Å². The van der Waals surface area contributed by atoms with Crippen molar-refractivity contribution in [3.8, 4) is 0 Å². The fourth-order valence-corrected chi connectivity index (χ4v) is 1.38. The van der Waals surface area contributed by atoms with Crippen molar-refractivity contribution in [2.24, 2.45) is 11.8 Å². The number of hydrogen-bond donors (Lipinski definition) is 2. The molecule has 0 aromatic carbocycles. The largest absolute Gasteiger partial charge is 0.481 e. The third-order valence-electron chi connectivity index (χ3n) is 3.04. The molecule has 0 aliphatic rings. The predicted octanol–water partition coefficient (Wildman–Crippen LogP) is 1.26. The number of aryl methyl sites for hydroxylation is 2. The van der Waals surface area contributed by atoms with E-state index in [1.54, 1.807) is 13.8 Å². The Labute approximate surface area is 105 Å². The van der Waals surface area contributed by atoms with Gasteiger partial charge in [0.2, 0.25) is 11.8 Å². The Bertz CT molecular complexity index is 433. The van der Waals surface area contributed by atoms with Gasteiger partial charge in [0.1, 0.15) is 5.76 Å². The van der Waals surface area contributed by atoms with Crippen molar-refractivity contribution in [1.82, 2.24) is 10.3 Å². The van der Waals surface area contributed by atoms with Crippen LogP contribution in [0, 0.1) is 25.7 Å². The minimum Gasteiger partial charge on any atom is -0.481 e. The lowest BCUT2D eigenvalue weighted by Crippen LogP contribution is -2.34. The minimum absolute atomic E-state index is 0.171. The van der Waals surface area contributed by atoms with Gasteiger partial charge in [-0.25, -0.2) is 4.98 Å². The number of nitrogens with one attached hydrogen (secondary N) is 1. The van der Waals surface area contributed by atoms with Crippen molar-refractivity contribution >= 4 is 11.9 Å². The topological polar surface area (TPSA) is 92.4 Å². The van der Waals surface area contributed by atoms with E-state index in [2.05, 4.69) is 10.3 Å². The van der Waals surface area contributed by atoms with Crippen LogP contribution in [0.2, 0.25) is 0 Å². The van der Waals surface area contributed by atoms with Gasteiger partial charge in [-0.15, -0.1) is 0 Å². The maximum atomic E-state index is 11.7. The van der Waals surface area contributed by atoms with Crippen LogP contribution in [-0.2, 0) is 16.1 Å². The fourth-order valence-electron chi connectivity index (χ4n) is 1.38. The standard InChI is InChI=1S/C12H18N2O4/c1-6(7(2)12(16)17)11(15)13-5-10-14-8(3)9(4)18-10/h6-7H,5H2,1-4H3,(H,13,15)(H,16,17). The molecule has 0 aliphatic heterocycles. The van der Waals surface area contributed by atoms with Crippen LogP contribution < -0.4 is 5.32 Å². The van der Waals surface area contributed by atoms with E-state index < -0.39 is 17.8 Å². The molecular formula is C12H18N2O4. The Kier molecular flexibility index (Phi) is 4.47. The van der Waals surface area contributed by atoms with Gasteiger partial charge in [-0.2, -0.15) is 0 Å². The number of carboxylic acid groups (broad SMARTS) is 1. The second-order valence-electron chi connectivity index (χ2n) is 4.38. The zero-order chi connectivity index (χ0) is 13.9. The normalized spacial score (nSPS) is 14.0. The third kappa shape index (κ3) is 3.32. The molecule has 1 amide bonds. The van der Waals surface area contributed by atoms with Crippen LogP contribution in [0.3, 0.4) is 0 Å². The number of aliphatic carboxylic acids is 1. The minimum atomic E-state index is -0.986. The van der Waals surface area contributed by atoms with E-state index in [4.69, 9.17) is 9.52 Å². The molecule has 2 unspecified atom stereocenters. The van der Waals surface area contributed by atoms with Crippen molar-refractivity contribution in [3.05, 3.63) is 17.3 Å². The first-order valence-electron chi connectivity index (χ1n) is 5.76. The van der Waals surface area contributed by atoms with E-state index in [0.717, 1.165) is 5.69 Å². The van der Waals surface area contributed by atoms with Crippen LogP contribution in [0.15, 0.2) is 4.42 Å². The van der Waals surface area contributed by atoms with Crippen LogP contribution in [-0.4, -0.2) is 22.0 Å². The van der Waals surface area contributed by atoms with Gasteiger partial charge in [-0.3, -0.25) is 9.59 Å². The van der Waals surface area contributed by atoms with Gasteiger partial charge in [0.05, 0.1) is 18.2 Å². The molecule has 1 heterocycles. The summed E-state index contributed by atoms with van der Waals surface area (Å²) in [5.41, 5.74) is 0.784. The number of aromatic nitrogens is 1. The quantitative estimate of drug-likeness (QED) is 0.825. The van der Waals surface area contributed by atoms with Gasteiger partial charge in [0, 0.05) is 5.92 Å². The average Bonchev–Trinajstić information content (AvgIpc) is 2.63. The van der Waals surface area contributed by atoms with Gasteiger partial charge in [0.15, 0.2) is 0 Å². The van der Waals surface area contributed by atoms with Crippen molar-refractivity contribution in [2.75, 3.05) is 0 Å². The molecule has 0 fully saturated rings. The van der Waals surface area contributed by atoms with E-state index >= 15 is 0 Å². The number of oxazole rings is 1. The molecule has 100 valence electrons. The Hall–Kier alpha value is -1.85. The average molecular weight is 254 g/mol. The number of nitrogens with zero attached hydrogens (tertiary/aromatic N) is 1. The van der Waals surface area contributed by atoms with Gasteiger partial charge in [-0.1, -0.05) is 13.8 Å². The summed E-state index contributed by atoms with van der Waals surface area (Å²) in [6, 6.07) is 0. The van der Waals surface area contributed by atoms with Crippen molar-refractivity contribution in [2.45, 2.75) is 34.2 Å². The zero-order valence-corrected chi connectivity index (χ0v) is 11.0. The molecule has 6 heteroatoms. The molecule has 6 nitrogen and oxygen atoms in total. The molecule has 2 N–H and O–H groups in total. The van der Waals surface area contributed by atoms with Crippen LogP contribution in [0.1, 0.15) is 31.2 Å².